The number of thiophene rings is 1. The first-order valence-electron chi connectivity index (χ1n) is 5.75. The Balaban J connectivity index is 2.13. The summed E-state index contributed by atoms with van der Waals surface area (Å²) in [5.41, 5.74) is 0.951. The topological polar surface area (TPSA) is 37.3 Å². The third kappa shape index (κ3) is 4.06. The minimum atomic E-state index is -0.778. The molecule has 0 aliphatic rings. The maximum absolute atomic E-state index is 11.4. The van der Waals surface area contributed by atoms with Crippen molar-refractivity contribution in [1.82, 2.24) is 0 Å². The SMILES string of the molecule is O=C(O)C(Cc1cccc(Cl)c1)Cc1sccc1Br. The Labute approximate surface area is 129 Å². The van der Waals surface area contributed by atoms with Crippen LogP contribution in [0.4, 0.5) is 0 Å². The fourth-order valence-electron chi connectivity index (χ4n) is 1.89. The van der Waals surface area contributed by atoms with Crippen LogP contribution in [0.15, 0.2) is 40.2 Å². The van der Waals surface area contributed by atoms with E-state index in [1.54, 1.807) is 17.4 Å². The van der Waals surface area contributed by atoms with E-state index in [0.717, 1.165) is 14.9 Å². The van der Waals surface area contributed by atoms with E-state index in [-0.39, 0.29) is 0 Å². The van der Waals surface area contributed by atoms with Crippen LogP contribution in [0.5, 0.6) is 0 Å². The highest BCUT2D eigenvalue weighted by atomic mass is 79.9. The highest BCUT2D eigenvalue weighted by molar-refractivity contribution is 9.10. The number of carboxylic acids is 1. The molecule has 19 heavy (non-hydrogen) atoms. The molecule has 2 rings (SSSR count). The average Bonchev–Trinajstić information content (AvgIpc) is 2.74. The van der Waals surface area contributed by atoms with Crippen LogP contribution in [-0.2, 0) is 17.6 Å². The van der Waals surface area contributed by atoms with Crippen LogP contribution < -0.4 is 0 Å². The van der Waals surface area contributed by atoms with Crippen LogP contribution in [0.25, 0.3) is 0 Å². The van der Waals surface area contributed by atoms with Gasteiger partial charge in [-0.1, -0.05) is 23.7 Å². The summed E-state index contributed by atoms with van der Waals surface area (Å²) in [6.07, 6.45) is 1.01. The van der Waals surface area contributed by atoms with Crippen LogP contribution in [0.2, 0.25) is 5.02 Å². The molecule has 2 aromatic rings. The van der Waals surface area contributed by atoms with Crippen molar-refractivity contribution in [2.24, 2.45) is 5.92 Å². The van der Waals surface area contributed by atoms with E-state index in [0.29, 0.717) is 17.9 Å². The molecule has 0 fully saturated rings. The largest absolute Gasteiger partial charge is 0.481 e. The molecule has 0 saturated carbocycles. The van der Waals surface area contributed by atoms with Gasteiger partial charge in [-0.2, -0.15) is 0 Å². The first-order chi connectivity index (χ1) is 9.06. The van der Waals surface area contributed by atoms with E-state index in [2.05, 4.69) is 15.9 Å². The number of carboxylic acid groups (broad SMARTS) is 1. The second kappa shape index (κ2) is 6.55. The van der Waals surface area contributed by atoms with E-state index in [1.807, 2.05) is 29.6 Å². The normalized spacial score (nSPS) is 12.3. The summed E-state index contributed by atoms with van der Waals surface area (Å²) in [7, 11) is 0. The Morgan fingerprint density at radius 2 is 2.16 bits per heavy atom. The summed E-state index contributed by atoms with van der Waals surface area (Å²) in [4.78, 5) is 12.4. The number of rotatable bonds is 5. The molecule has 0 saturated heterocycles. The summed E-state index contributed by atoms with van der Waals surface area (Å²) >= 11 is 10.9. The number of hydrogen-bond donors (Lipinski definition) is 1. The molecule has 1 heterocycles. The first kappa shape index (κ1) is 14.6. The average molecular weight is 360 g/mol. The Bertz CT molecular complexity index is 582. The lowest BCUT2D eigenvalue weighted by molar-refractivity contribution is -0.141. The van der Waals surface area contributed by atoms with Gasteiger partial charge in [0.2, 0.25) is 0 Å². The molecule has 1 N–H and O–H groups in total. The molecule has 0 radical (unpaired) electrons. The van der Waals surface area contributed by atoms with Gasteiger partial charge in [-0.25, -0.2) is 0 Å². The summed E-state index contributed by atoms with van der Waals surface area (Å²) < 4.78 is 0.981. The maximum atomic E-state index is 11.4. The zero-order valence-electron chi connectivity index (χ0n) is 9.98. The maximum Gasteiger partial charge on any atom is 0.307 e. The van der Waals surface area contributed by atoms with Crippen molar-refractivity contribution < 1.29 is 9.90 Å². The smallest absolute Gasteiger partial charge is 0.307 e. The summed E-state index contributed by atoms with van der Waals surface area (Å²) in [6.45, 7) is 0. The van der Waals surface area contributed by atoms with E-state index >= 15 is 0 Å². The molecule has 1 aromatic heterocycles. The van der Waals surface area contributed by atoms with Crippen molar-refractivity contribution in [3.8, 4) is 0 Å². The van der Waals surface area contributed by atoms with Gasteiger partial charge in [-0.15, -0.1) is 11.3 Å². The van der Waals surface area contributed by atoms with Gasteiger partial charge in [0.25, 0.3) is 0 Å². The van der Waals surface area contributed by atoms with Crippen molar-refractivity contribution in [3.63, 3.8) is 0 Å². The molecule has 0 amide bonds. The second-order valence-corrected chi connectivity index (χ2v) is 6.56. The van der Waals surface area contributed by atoms with Crippen molar-refractivity contribution in [2.75, 3.05) is 0 Å². The molecule has 5 heteroatoms. The van der Waals surface area contributed by atoms with Gasteiger partial charge in [0, 0.05) is 14.4 Å². The zero-order chi connectivity index (χ0) is 13.8. The fourth-order valence-corrected chi connectivity index (χ4v) is 3.70. The molecular formula is C14H12BrClO2S. The molecular weight excluding hydrogens is 348 g/mol. The van der Waals surface area contributed by atoms with Gasteiger partial charge >= 0.3 is 5.97 Å². The fraction of sp³-hybridized carbons (Fsp3) is 0.214. The first-order valence-corrected chi connectivity index (χ1v) is 7.80. The van der Waals surface area contributed by atoms with E-state index in [9.17, 15) is 9.90 Å². The molecule has 1 aromatic carbocycles. The van der Waals surface area contributed by atoms with E-state index in [4.69, 9.17) is 11.6 Å². The monoisotopic (exact) mass is 358 g/mol. The van der Waals surface area contributed by atoms with Crippen LogP contribution >= 0.6 is 38.9 Å². The zero-order valence-corrected chi connectivity index (χ0v) is 13.1. The molecule has 1 atom stereocenters. The predicted octanol–water partition coefficient (Wildman–Crippen LogP) is 4.65. The van der Waals surface area contributed by atoms with Crippen LogP contribution in [-0.4, -0.2) is 11.1 Å². The number of carbonyl (C=O) groups is 1. The third-order valence-electron chi connectivity index (χ3n) is 2.84. The Hall–Kier alpha value is -0.840. The van der Waals surface area contributed by atoms with Crippen LogP contribution in [0.3, 0.4) is 0 Å². The molecule has 0 aliphatic heterocycles. The highest BCUT2D eigenvalue weighted by Gasteiger charge is 2.20. The van der Waals surface area contributed by atoms with Gasteiger partial charge in [-0.05, 0) is 57.9 Å². The standard InChI is InChI=1S/C14H12BrClO2S/c15-12-4-5-19-13(12)8-10(14(17)18)6-9-2-1-3-11(16)7-9/h1-5,7,10H,6,8H2,(H,17,18). The summed E-state index contributed by atoms with van der Waals surface area (Å²) in [5, 5.41) is 11.9. The summed E-state index contributed by atoms with van der Waals surface area (Å²) in [6, 6.07) is 9.30. The highest BCUT2D eigenvalue weighted by Crippen LogP contribution is 2.27. The lowest BCUT2D eigenvalue weighted by atomic mass is 9.96. The van der Waals surface area contributed by atoms with E-state index in [1.165, 1.54) is 0 Å². The molecule has 100 valence electrons. The lowest BCUT2D eigenvalue weighted by Gasteiger charge is -2.12. The van der Waals surface area contributed by atoms with Crippen molar-refractivity contribution in [3.05, 3.63) is 55.6 Å². The molecule has 0 spiro atoms. The second-order valence-electron chi connectivity index (χ2n) is 4.27. The minimum Gasteiger partial charge on any atom is -0.481 e. The Morgan fingerprint density at radius 1 is 1.37 bits per heavy atom. The number of halogens is 2. The predicted molar refractivity (Wildman–Crippen MR) is 82.0 cm³/mol. The minimum absolute atomic E-state index is 0.437. The molecule has 2 nitrogen and oxygen atoms in total. The van der Waals surface area contributed by atoms with E-state index < -0.39 is 11.9 Å². The van der Waals surface area contributed by atoms with Crippen molar-refractivity contribution in [2.45, 2.75) is 12.8 Å². The third-order valence-corrected chi connectivity index (χ3v) is 5.03. The van der Waals surface area contributed by atoms with Crippen LogP contribution in [0, 0.1) is 5.92 Å². The lowest BCUT2D eigenvalue weighted by Crippen LogP contribution is -2.18. The van der Waals surface area contributed by atoms with Gasteiger partial charge < -0.3 is 5.11 Å². The van der Waals surface area contributed by atoms with Gasteiger partial charge in [0.05, 0.1) is 5.92 Å². The molecule has 0 bridgehead atoms. The Morgan fingerprint density at radius 3 is 2.74 bits per heavy atom. The molecule has 1 unspecified atom stereocenters. The number of aliphatic carboxylic acids is 1. The number of benzene rings is 1. The number of hydrogen-bond acceptors (Lipinski definition) is 2. The summed E-state index contributed by atoms with van der Waals surface area (Å²) in [5.74, 6) is -1.21. The molecule has 0 aliphatic carbocycles. The van der Waals surface area contributed by atoms with Gasteiger partial charge in [0.15, 0.2) is 0 Å². The van der Waals surface area contributed by atoms with Gasteiger partial charge in [-0.3, -0.25) is 4.79 Å². The van der Waals surface area contributed by atoms with Crippen molar-refractivity contribution in [1.29, 1.82) is 0 Å². The quantitative estimate of drug-likeness (QED) is 0.843. The Kier molecular flexibility index (Phi) is 5.02. The van der Waals surface area contributed by atoms with Crippen molar-refractivity contribution >= 4 is 44.8 Å². The van der Waals surface area contributed by atoms with Gasteiger partial charge in [0.1, 0.15) is 0 Å². The van der Waals surface area contributed by atoms with Crippen LogP contribution in [0.1, 0.15) is 10.4 Å².